The predicted molar refractivity (Wildman–Crippen MR) is 112 cm³/mol. The third kappa shape index (κ3) is 4.51. The molecule has 1 atom stereocenters. The van der Waals surface area contributed by atoms with E-state index in [9.17, 15) is 13.2 Å². The molecule has 2 heterocycles. The second-order valence-corrected chi connectivity index (χ2v) is 7.96. The van der Waals surface area contributed by atoms with Crippen LogP contribution in [0.1, 0.15) is 29.2 Å². The summed E-state index contributed by atoms with van der Waals surface area (Å²) in [5, 5.41) is 7.27. The highest BCUT2D eigenvalue weighted by atomic mass is 79.9. The largest absolute Gasteiger partial charge is 0.416 e. The van der Waals surface area contributed by atoms with E-state index in [0.717, 1.165) is 44.8 Å². The maximum Gasteiger partial charge on any atom is 0.416 e. The fourth-order valence-corrected chi connectivity index (χ4v) is 3.60. The van der Waals surface area contributed by atoms with Crippen molar-refractivity contribution in [2.24, 2.45) is 12.2 Å². The first-order valence-corrected chi connectivity index (χ1v) is 9.99. The average Bonchev–Trinajstić information content (AvgIpc) is 3.34. The van der Waals surface area contributed by atoms with E-state index in [4.69, 9.17) is 4.84 Å². The van der Waals surface area contributed by atoms with E-state index in [1.807, 2.05) is 36.0 Å². The number of hydrogen-bond donors (Lipinski definition) is 1. The van der Waals surface area contributed by atoms with E-state index in [2.05, 4.69) is 31.4 Å². The summed E-state index contributed by atoms with van der Waals surface area (Å²) in [4.78, 5) is 9.87. The van der Waals surface area contributed by atoms with Crippen LogP contribution in [0.25, 0.3) is 11.3 Å². The van der Waals surface area contributed by atoms with Gasteiger partial charge >= 0.3 is 6.18 Å². The standard InChI is InChI=1S/C21H18BrF3N4O/c1-29-11-18(27-12-29)16-7-4-14(19-9-20(22)28-30-19)8-17(16)26-10-13-2-5-15(6-3-13)21(23,24)25/h2-8,11-12,19,26H,9-10H2,1H3/t19-/m1/s1. The zero-order valence-electron chi connectivity index (χ0n) is 15.9. The van der Waals surface area contributed by atoms with Gasteiger partial charge in [-0.2, -0.15) is 13.2 Å². The molecule has 1 aliphatic heterocycles. The van der Waals surface area contributed by atoms with Gasteiger partial charge in [-0.05, 0) is 45.3 Å². The molecule has 2 aromatic carbocycles. The zero-order valence-corrected chi connectivity index (χ0v) is 17.5. The number of nitrogens with zero attached hydrogens (tertiary/aromatic N) is 3. The van der Waals surface area contributed by atoms with Crippen molar-refractivity contribution >= 4 is 26.2 Å². The number of anilines is 1. The minimum Gasteiger partial charge on any atom is -0.386 e. The Hall–Kier alpha value is -2.81. The second-order valence-electron chi connectivity index (χ2n) is 7.04. The van der Waals surface area contributed by atoms with Crippen LogP contribution in [0.2, 0.25) is 0 Å². The lowest BCUT2D eigenvalue weighted by molar-refractivity contribution is -0.137. The van der Waals surface area contributed by atoms with Crippen LogP contribution >= 0.6 is 15.9 Å². The van der Waals surface area contributed by atoms with Gasteiger partial charge in [0.1, 0.15) is 4.62 Å². The van der Waals surface area contributed by atoms with E-state index >= 15 is 0 Å². The van der Waals surface area contributed by atoms with Gasteiger partial charge in [-0.1, -0.05) is 29.4 Å². The maximum absolute atomic E-state index is 12.8. The topological polar surface area (TPSA) is 51.4 Å². The molecular formula is C21H18BrF3N4O. The Morgan fingerprint density at radius 1 is 1.20 bits per heavy atom. The summed E-state index contributed by atoms with van der Waals surface area (Å²) in [6.45, 7) is 0.368. The van der Waals surface area contributed by atoms with E-state index in [1.165, 1.54) is 12.1 Å². The lowest BCUT2D eigenvalue weighted by atomic mass is 10.0. The van der Waals surface area contributed by atoms with Gasteiger partial charge < -0.3 is 14.7 Å². The maximum atomic E-state index is 12.8. The second kappa shape index (κ2) is 8.14. The Kier molecular flexibility index (Phi) is 5.55. The Bertz CT molecular complexity index is 1080. The highest BCUT2D eigenvalue weighted by molar-refractivity contribution is 9.18. The van der Waals surface area contributed by atoms with Crippen LogP contribution in [-0.4, -0.2) is 14.2 Å². The SMILES string of the molecule is Cn1cnc(-c2ccc([C@H]3CC(Br)=NO3)cc2NCc2ccc(C(F)(F)F)cc2)c1. The Morgan fingerprint density at radius 2 is 1.97 bits per heavy atom. The zero-order chi connectivity index (χ0) is 21.3. The molecule has 0 aliphatic carbocycles. The minimum absolute atomic E-state index is 0.191. The van der Waals surface area contributed by atoms with Crippen molar-refractivity contribution in [3.05, 3.63) is 71.7 Å². The quantitative estimate of drug-likeness (QED) is 0.497. The number of rotatable bonds is 5. The first-order chi connectivity index (χ1) is 14.3. The van der Waals surface area contributed by atoms with E-state index < -0.39 is 11.7 Å². The highest BCUT2D eigenvalue weighted by Crippen LogP contribution is 2.35. The number of aryl methyl sites for hydroxylation is 1. The summed E-state index contributed by atoms with van der Waals surface area (Å²) in [6.07, 6.45) is -0.271. The molecule has 0 saturated heterocycles. The normalized spacial score (nSPS) is 16.3. The van der Waals surface area contributed by atoms with Crippen molar-refractivity contribution in [1.82, 2.24) is 9.55 Å². The molecule has 9 heteroatoms. The molecule has 156 valence electrons. The first kappa shape index (κ1) is 20.5. The summed E-state index contributed by atoms with van der Waals surface area (Å²) in [7, 11) is 1.89. The van der Waals surface area contributed by atoms with E-state index in [1.54, 1.807) is 6.33 Å². The molecule has 0 fully saturated rings. The monoisotopic (exact) mass is 478 g/mol. The van der Waals surface area contributed by atoms with E-state index in [-0.39, 0.29) is 6.10 Å². The van der Waals surface area contributed by atoms with Crippen molar-refractivity contribution in [1.29, 1.82) is 0 Å². The summed E-state index contributed by atoms with van der Waals surface area (Å²) in [5.41, 5.74) is 3.53. The minimum atomic E-state index is -4.34. The first-order valence-electron chi connectivity index (χ1n) is 9.20. The van der Waals surface area contributed by atoms with Gasteiger partial charge in [-0.3, -0.25) is 0 Å². The summed E-state index contributed by atoms with van der Waals surface area (Å²) in [6, 6.07) is 11.0. The number of nitrogens with one attached hydrogen (secondary N) is 1. The number of halogens is 4. The van der Waals surface area contributed by atoms with Crippen LogP contribution in [0.5, 0.6) is 0 Å². The molecule has 3 aromatic rings. The van der Waals surface area contributed by atoms with Gasteiger partial charge in [0.05, 0.1) is 17.6 Å². The average molecular weight is 479 g/mol. The fraction of sp³-hybridized carbons (Fsp3) is 0.238. The van der Waals surface area contributed by atoms with Gasteiger partial charge in [-0.25, -0.2) is 4.98 Å². The molecule has 1 aliphatic rings. The van der Waals surface area contributed by atoms with Crippen molar-refractivity contribution in [2.75, 3.05) is 5.32 Å². The van der Waals surface area contributed by atoms with Gasteiger partial charge in [0.25, 0.3) is 0 Å². The van der Waals surface area contributed by atoms with Crippen molar-refractivity contribution in [3.8, 4) is 11.3 Å². The molecule has 30 heavy (non-hydrogen) atoms. The van der Waals surface area contributed by atoms with Crippen LogP contribution in [0.4, 0.5) is 18.9 Å². The Morgan fingerprint density at radius 3 is 2.57 bits per heavy atom. The molecule has 4 rings (SSSR count). The molecule has 1 aromatic heterocycles. The molecule has 0 saturated carbocycles. The summed E-state index contributed by atoms with van der Waals surface area (Å²) < 4.78 is 41.0. The number of aromatic nitrogens is 2. The third-order valence-corrected chi connectivity index (χ3v) is 5.26. The Labute approximate surface area is 179 Å². The molecule has 0 radical (unpaired) electrons. The van der Waals surface area contributed by atoms with Crippen LogP contribution in [0.3, 0.4) is 0 Å². The van der Waals surface area contributed by atoms with Crippen LogP contribution < -0.4 is 5.32 Å². The van der Waals surface area contributed by atoms with Crippen LogP contribution in [0, 0.1) is 0 Å². The van der Waals surface area contributed by atoms with Crippen molar-refractivity contribution < 1.29 is 18.0 Å². The van der Waals surface area contributed by atoms with Gasteiger partial charge in [-0.15, -0.1) is 0 Å². The number of hydrogen-bond acceptors (Lipinski definition) is 4. The number of oxime groups is 1. The molecule has 0 unspecified atom stereocenters. The lowest BCUT2D eigenvalue weighted by Crippen LogP contribution is -2.06. The van der Waals surface area contributed by atoms with E-state index in [0.29, 0.717) is 13.0 Å². The Balaban J connectivity index is 1.59. The van der Waals surface area contributed by atoms with Crippen LogP contribution in [0.15, 0.2) is 60.1 Å². The fourth-order valence-electron chi connectivity index (χ4n) is 3.22. The number of imidazole rings is 1. The van der Waals surface area contributed by atoms with Crippen LogP contribution in [-0.2, 0) is 24.6 Å². The highest BCUT2D eigenvalue weighted by Gasteiger charge is 2.30. The lowest BCUT2D eigenvalue weighted by Gasteiger charge is -2.16. The molecule has 0 amide bonds. The van der Waals surface area contributed by atoms with Gasteiger partial charge in [0, 0.05) is 37.5 Å². The van der Waals surface area contributed by atoms with Gasteiger partial charge in [0.15, 0.2) is 6.10 Å². The number of benzene rings is 2. The molecule has 1 N–H and O–H groups in total. The van der Waals surface area contributed by atoms with Crippen molar-refractivity contribution in [3.63, 3.8) is 0 Å². The smallest absolute Gasteiger partial charge is 0.386 e. The molecule has 0 bridgehead atoms. The summed E-state index contributed by atoms with van der Waals surface area (Å²) in [5.74, 6) is 0. The summed E-state index contributed by atoms with van der Waals surface area (Å²) >= 11 is 3.35. The predicted octanol–water partition coefficient (Wildman–Crippen LogP) is 5.89. The molecule has 5 nitrogen and oxygen atoms in total. The third-order valence-electron chi connectivity index (χ3n) is 4.79. The van der Waals surface area contributed by atoms with Crippen molar-refractivity contribution in [2.45, 2.75) is 25.2 Å². The molecular weight excluding hydrogens is 461 g/mol. The number of alkyl halides is 3. The molecule has 0 spiro atoms. The van der Waals surface area contributed by atoms with Gasteiger partial charge in [0.2, 0.25) is 0 Å².